The van der Waals surface area contributed by atoms with Crippen LogP contribution in [0, 0.1) is 11.6 Å². The topological polar surface area (TPSA) is 91.2 Å². The van der Waals surface area contributed by atoms with Crippen LogP contribution in [0.4, 0.5) is 8.78 Å². The zero-order chi connectivity index (χ0) is 32.9. The molecule has 0 spiro atoms. The number of halogens is 2. The number of hydrogen-bond donors (Lipinski definition) is 0. The van der Waals surface area contributed by atoms with E-state index in [0.717, 1.165) is 17.7 Å². The average molecular weight is 639 g/mol. The van der Waals surface area contributed by atoms with Crippen molar-refractivity contribution < 1.29 is 27.5 Å². The fourth-order valence-corrected chi connectivity index (χ4v) is 5.40. The molecule has 6 rings (SSSR count). The zero-order valence-electron chi connectivity index (χ0n) is 25.9. The number of rotatable bonds is 12. The Balaban J connectivity index is 1.49. The van der Waals surface area contributed by atoms with Crippen molar-refractivity contribution in [3.8, 4) is 17.0 Å². The summed E-state index contributed by atoms with van der Waals surface area (Å²) in [5.74, 6) is -0.996. The third kappa shape index (κ3) is 6.85. The molecule has 0 fully saturated rings. The lowest BCUT2D eigenvalue weighted by Gasteiger charge is -2.18. The Kier molecular flexibility index (Phi) is 9.25. The number of benzene rings is 3. The minimum absolute atomic E-state index is 0.0362. The van der Waals surface area contributed by atoms with Crippen LogP contribution in [-0.4, -0.2) is 38.5 Å². The van der Waals surface area contributed by atoms with E-state index in [2.05, 4.69) is 0 Å². The zero-order valence-corrected chi connectivity index (χ0v) is 25.9. The highest BCUT2D eigenvalue weighted by Crippen LogP contribution is 2.28. The van der Waals surface area contributed by atoms with Gasteiger partial charge >= 0.3 is 5.97 Å². The van der Waals surface area contributed by atoms with Crippen molar-refractivity contribution in [1.29, 1.82) is 0 Å². The van der Waals surface area contributed by atoms with Crippen molar-refractivity contribution in [2.45, 2.75) is 33.2 Å². The van der Waals surface area contributed by atoms with E-state index in [9.17, 15) is 18.4 Å². The van der Waals surface area contributed by atoms with E-state index >= 15 is 0 Å². The van der Waals surface area contributed by atoms with Crippen LogP contribution in [0.25, 0.3) is 17.0 Å². The van der Waals surface area contributed by atoms with Crippen LogP contribution in [0.3, 0.4) is 0 Å². The first-order chi connectivity index (χ1) is 22.8. The summed E-state index contributed by atoms with van der Waals surface area (Å²) in [7, 11) is 1.91. The van der Waals surface area contributed by atoms with Gasteiger partial charge in [0, 0.05) is 30.4 Å². The summed E-state index contributed by atoms with van der Waals surface area (Å²) >= 11 is 0. The molecule has 47 heavy (non-hydrogen) atoms. The molecule has 3 aromatic heterocycles. The number of fused-ring (bicyclic) bond motifs is 1. The van der Waals surface area contributed by atoms with E-state index in [1.54, 1.807) is 31.4 Å². The molecule has 0 aliphatic carbocycles. The van der Waals surface area contributed by atoms with Crippen molar-refractivity contribution in [2.24, 2.45) is 0 Å². The highest BCUT2D eigenvalue weighted by molar-refractivity contribution is 5.89. The summed E-state index contributed by atoms with van der Waals surface area (Å²) in [6, 6.07) is 24.2. The largest absolute Gasteiger partial charge is 0.486 e. The standard InChI is InChI=1S/C36H32F2N4O5/c1-3-45-35(44)29-21-41(20-28-30(37)12-7-13-31(28)38)36-39-33(25-14-16-26(17-15-25)47-23-27-11-8-18-46-27)32(42(36)34(29)43)22-40(2)19-24-9-5-4-6-10-24/h4-18,21H,3,19-20,22-23H2,1-2H3. The molecular weight excluding hydrogens is 606 g/mol. The van der Waals surface area contributed by atoms with Gasteiger partial charge in [-0.3, -0.25) is 9.69 Å². The molecule has 3 heterocycles. The van der Waals surface area contributed by atoms with Crippen molar-refractivity contribution in [3.63, 3.8) is 0 Å². The number of carbonyl (C=O) groups is 1. The van der Waals surface area contributed by atoms with Gasteiger partial charge in [0.05, 0.1) is 30.8 Å². The normalized spacial score (nSPS) is 11.3. The number of furan rings is 1. The lowest BCUT2D eigenvalue weighted by molar-refractivity contribution is 0.0523. The lowest BCUT2D eigenvalue weighted by Crippen LogP contribution is -2.29. The van der Waals surface area contributed by atoms with Crippen LogP contribution in [0.1, 0.15) is 39.9 Å². The van der Waals surface area contributed by atoms with Crippen LogP contribution in [-0.2, 0) is 31.0 Å². The third-order valence-electron chi connectivity index (χ3n) is 7.62. The number of nitrogens with zero attached hydrogens (tertiary/aromatic N) is 4. The SMILES string of the molecule is CCOC(=O)c1cn(Cc2c(F)cccc2F)c2nc(-c3ccc(OCc4ccco4)cc3)c(CN(C)Cc3ccccc3)n2c1=O. The van der Waals surface area contributed by atoms with Gasteiger partial charge in [-0.1, -0.05) is 36.4 Å². The Morgan fingerprint density at radius 1 is 0.936 bits per heavy atom. The van der Waals surface area contributed by atoms with Gasteiger partial charge in [0.1, 0.15) is 35.3 Å². The van der Waals surface area contributed by atoms with Gasteiger partial charge in [-0.2, -0.15) is 0 Å². The summed E-state index contributed by atoms with van der Waals surface area (Å²) in [6.07, 6.45) is 2.83. The first kappa shape index (κ1) is 31.4. The molecule has 0 amide bonds. The Morgan fingerprint density at radius 3 is 2.36 bits per heavy atom. The van der Waals surface area contributed by atoms with Gasteiger partial charge in [0.15, 0.2) is 0 Å². The molecule has 0 atom stereocenters. The molecule has 240 valence electrons. The number of aromatic nitrogens is 3. The number of imidazole rings is 1. The Hall–Kier alpha value is -5.55. The summed E-state index contributed by atoms with van der Waals surface area (Å²) in [6.45, 7) is 2.39. The highest BCUT2D eigenvalue weighted by Gasteiger charge is 2.25. The maximum atomic E-state index is 14.9. The smallest absolute Gasteiger partial charge is 0.345 e. The number of esters is 1. The summed E-state index contributed by atoms with van der Waals surface area (Å²) < 4.78 is 48.8. The third-order valence-corrected chi connectivity index (χ3v) is 7.62. The van der Waals surface area contributed by atoms with Gasteiger partial charge in [-0.05, 0) is 68.1 Å². The minimum Gasteiger partial charge on any atom is -0.486 e. The molecule has 0 radical (unpaired) electrons. The predicted molar refractivity (Wildman–Crippen MR) is 171 cm³/mol. The molecule has 0 aliphatic rings. The van der Waals surface area contributed by atoms with Gasteiger partial charge in [-0.15, -0.1) is 0 Å². The lowest BCUT2D eigenvalue weighted by atomic mass is 10.1. The molecule has 11 heteroatoms. The van der Waals surface area contributed by atoms with Gasteiger partial charge in [0.2, 0.25) is 5.78 Å². The van der Waals surface area contributed by atoms with Crippen LogP contribution >= 0.6 is 0 Å². The number of ether oxygens (including phenoxy) is 2. The molecule has 3 aromatic carbocycles. The van der Waals surface area contributed by atoms with Gasteiger partial charge in [-0.25, -0.2) is 23.0 Å². The van der Waals surface area contributed by atoms with Crippen LogP contribution in [0.5, 0.6) is 5.75 Å². The molecular formula is C36H32F2N4O5. The van der Waals surface area contributed by atoms with E-state index in [0.29, 0.717) is 35.0 Å². The first-order valence-corrected chi connectivity index (χ1v) is 15.0. The molecule has 9 nitrogen and oxygen atoms in total. The quantitative estimate of drug-likeness (QED) is 0.142. The van der Waals surface area contributed by atoms with Crippen molar-refractivity contribution in [3.05, 3.63) is 148 Å². The maximum absolute atomic E-state index is 14.9. The molecule has 0 saturated heterocycles. The van der Waals surface area contributed by atoms with E-state index in [-0.39, 0.29) is 43.2 Å². The Bertz CT molecular complexity index is 2040. The number of hydrogen-bond acceptors (Lipinski definition) is 7. The van der Waals surface area contributed by atoms with E-state index in [4.69, 9.17) is 18.9 Å². The van der Waals surface area contributed by atoms with Gasteiger partial charge in [0.25, 0.3) is 5.56 Å². The molecule has 0 unspecified atom stereocenters. The summed E-state index contributed by atoms with van der Waals surface area (Å²) in [4.78, 5) is 34.0. The molecule has 0 bridgehead atoms. The fraction of sp³-hybridized carbons (Fsp3) is 0.194. The molecule has 0 aliphatic heterocycles. The minimum atomic E-state index is -0.848. The fourth-order valence-electron chi connectivity index (χ4n) is 5.40. The second-order valence-corrected chi connectivity index (χ2v) is 11.0. The molecule has 6 aromatic rings. The van der Waals surface area contributed by atoms with Crippen molar-refractivity contribution >= 4 is 11.7 Å². The number of carbonyl (C=O) groups excluding carboxylic acids is 1. The predicted octanol–water partition coefficient (Wildman–Crippen LogP) is 6.47. The second kappa shape index (κ2) is 13.8. The van der Waals surface area contributed by atoms with Crippen molar-refractivity contribution in [1.82, 2.24) is 18.9 Å². The summed E-state index contributed by atoms with van der Waals surface area (Å²) in [5.41, 5.74) is 1.51. The van der Waals surface area contributed by atoms with E-state index in [1.165, 1.54) is 21.2 Å². The maximum Gasteiger partial charge on any atom is 0.345 e. The first-order valence-electron chi connectivity index (χ1n) is 15.0. The second-order valence-electron chi connectivity index (χ2n) is 11.0. The monoisotopic (exact) mass is 638 g/mol. The molecule has 0 N–H and O–H groups in total. The van der Waals surface area contributed by atoms with Crippen LogP contribution in [0.15, 0.2) is 107 Å². The molecule has 0 saturated carbocycles. The van der Waals surface area contributed by atoms with Gasteiger partial charge < -0.3 is 18.5 Å². The average Bonchev–Trinajstić information content (AvgIpc) is 3.72. The van der Waals surface area contributed by atoms with E-state index in [1.807, 2.05) is 60.5 Å². The van der Waals surface area contributed by atoms with Crippen molar-refractivity contribution in [2.75, 3.05) is 13.7 Å². The van der Waals surface area contributed by atoms with Crippen LogP contribution in [0.2, 0.25) is 0 Å². The summed E-state index contributed by atoms with van der Waals surface area (Å²) in [5, 5.41) is 0. The Morgan fingerprint density at radius 2 is 1.68 bits per heavy atom. The highest BCUT2D eigenvalue weighted by atomic mass is 19.1. The van der Waals surface area contributed by atoms with Crippen LogP contribution < -0.4 is 10.3 Å². The van der Waals surface area contributed by atoms with E-state index < -0.39 is 23.2 Å². The Labute approximate surface area is 269 Å².